The average Bonchev–Trinajstić information content (AvgIpc) is 2.64. The van der Waals surface area contributed by atoms with Crippen molar-refractivity contribution >= 4 is 41.2 Å². The maximum atomic E-state index is 12.8. The first-order chi connectivity index (χ1) is 13.6. The van der Waals surface area contributed by atoms with Crippen LogP contribution < -0.4 is 5.32 Å². The number of thioether (sulfide) groups is 2. The molecule has 11 heteroatoms. The van der Waals surface area contributed by atoms with E-state index in [1.54, 1.807) is 6.26 Å². The van der Waals surface area contributed by atoms with Crippen LogP contribution in [0.1, 0.15) is 23.6 Å². The van der Waals surface area contributed by atoms with E-state index in [0.717, 1.165) is 23.9 Å². The Morgan fingerprint density at radius 3 is 2.52 bits per heavy atom. The maximum Gasteiger partial charge on any atom is 0.416 e. The first-order valence-electron chi connectivity index (χ1n) is 8.08. The molecule has 6 nitrogen and oxygen atoms in total. The molecule has 1 N–H and O–H groups in total. The third-order valence-corrected chi connectivity index (χ3v) is 5.18. The standard InChI is InChI=1S/C18H15F3N4O2S2/c1-10(26)23-17-24-15(28-2)14(8-22)16(25-17)29-9-13(27)7-11-4-3-5-12(6-11)18(19,20)21/h3-6H,7,9H2,1-2H3,(H,23,24,25,26). The van der Waals surface area contributed by atoms with Gasteiger partial charge in [0.25, 0.3) is 0 Å². The first kappa shape index (κ1) is 22.7. The van der Waals surface area contributed by atoms with Crippen LogP contribution in [0.25, 0.3) is 0 Å². The molecule has 0 aliphatic carbocycles. The molecule has 0 fully saturated rings. The van der Waals surface area contributed by atoms with Gasteiger partial charge in [-0.2, -0.15) is 18.4 Å². The van der Waals surface area contributed by atoms with Gasteiger partial charge in [0.2, 0.25) is 11.9 Å². The molecule has 0 aliphatic rings. The molecule has 0 bridgehead atoms. The Hall–Kier alpha value is -2.58. The van der Waals surface area contributed by atoms with Crippen LogP contribution in [0.4, 0.5) is 19.1 Å². The number of carbonyl (C=O) groups is 2. The van der Waals surface area contributed by atoms with Crippen LogP contribution in [0.15, 0.2) is 34.3 Å². The molecule has 2 rings (SSSR count). The topological polar surface area (TPSA) is 95.7 Å². The summed E-state index contributed by atoms with van der Waals surface area (Å²) < 4.78 is 38.4. The van der Waals surface area contributed by atoms with E-state index in [-0.39, 0.29) is 40.1 Å². The van der Waals surface area contributed by atoms with Gasteiger partial charge in [-0.3, -0.25) is 14.9 Å². The number of amides is 1. The van der Waals surface area contributed by atoms with E-state index in [9.17, 15) is 28.0 Å². The van der Waals surface area contributed by atoms with Crippen molar-refractivity contribution in [3.63, 3.8) is 0 Å². The average molecular weight is 440 g/mol. The maximum absolute atomic E-state index is 12.8. The first-order valence-corrected chi connectivity index (χ1v) is 10.3. The summed E-state index contributed by atoms with van der Waals surface area (Å²) in [7, 11) is 0. The Bertz CT molecular complexity index is 975. The molecular formula is C18H15F3N4O2S2. The van der Waals surface area contributed by atoms with Crippen LogP contribution in [-0.4, -0.2) is 33.7 Å². The molecule has 1 heterocycles. The number of hydrogen-bond acceptors (Lipinski definition) is 7. The number of nitrogens with one attached hydrogen (secondary N) is 1. The van der Waals surface area contributed by atoms with E-state index in [4.69, 9.17) is 0 Å². The fourth-order valence-corrected chi connectivity index (χ4v) is 3.69. The lowest BCUT2D eigenvalue weighted by Crippen LogP contribution is -2.12. The van der Waals surface area contributed by atoms with Gasteiger partial charge >= 0.3 is 6.18 Å². The monoisotopic (exact) mass is 440 g/mol. The molecule has 0 atom stereocenters. The number of hydrogen-bond donors (Lipinski definition) is 1. The van der Waals surface area contributed by atoms with Crippen LogP contribution >= 0.6 is 23.5 Å². The van der Waals surface area contributed by atoms with Crippen LogP contribution in [0.5, 0.6) is 0 Å². The summed E-state index contributed by atoms with van der Waals surface area (Å²) in [5.74, 6) is -0.814. The van der Waals surface area contributed by atoms with E-state index in [1.165, 1.54) is 30.8 Å². The van der Waals surface area contributed by atoms with Crippen molar-refractivity contribution in [1.82, 2.24) is 9.97 Å². The molecule has 0 saturated carbocycles. The third-order valence-electron chi connectivity index (χ3n) is 3.46. The van der Waals surface area contributed by atoms with E-state index >= 15 is 0 Å². The highest BCUT2D eigenvalue weighted by atomic mass is 32.2. The number of aromatic nitrogens is 2. The highest BCUT2D eigenvalue weighted by Gasteiger charge is 2.30. The number of alkyl halides is 3. The molecule has 1 aromatic carbocycles. The predicted octanol–water partition coefficient (Wildman–Crippen LogP) is 3.95. The molecule has 152 valence electrons. The number of benzene rings is 1. The van der Waals surface area contributed by atoms with Gasteiger partial charge in [0.15, 0.2) is 0 Å². The lowest BCUT2D eigenvalue weighted by atomic mass is 10.1. The Morgan fingerprint density at radius 2 is 1.93 bits per heavy atom. The van der Waals surface area contributed by atoms with E-state index in [0.29, 0.717) is 5.03 Å². The largest absolute Gasteiger partial charge is 0.416 e. The lowest BCUT2D eigenvalue weighted by Gasteiger charge is -2.10. The van der Waals surface area contributed by atoms with Crippen LogP contribution in [-0.2, 0) is 22.2 Å². The number of halogens is 3. The van der Waals surface area contributed by atoms with Crippen molar-refractivity contribution in [1.29, 1.82) is 5.26 Å². The highest BCUT2D eigenvalue weighted by molar-refractivity contribution is 8.00. The minimum atomic E-state index is -4.48. The summed E-state index contributed by atoms with van der Waals surface area (Å²) >= 11 is 2.16. The van der Waals surface area contributed by atoms with Crippen LogP contribution in [0, 0.1) is 11.3 Å². The van der Waals surface area contributed by atoms with Gasteiger partial charge in [-0.25, -0.2) is 9.97 Å². The fourth-order valence-electron chi connectivity index (χ4n) is 2.27. The zero-order valence-corrected chi connectivity index (χ0v) is 17.0. The zero-order valence-electron chi connectivity index (χ0n) is 15.3. The quantitative estimate of drug-likeness (QED) is 0.514. The van der Waals surface area contributed by atoms with Gasteiger partial charge < -0.3 is 0 Å². The molecule has 1 amide bonds. The van der Waals surface area contributed by atoms with E-state index in [1.807, 2.05) is 6.07 Å². The summed E-state index contributed by atoms with van der Waals surface area (Å²) in [4.78, 5) is 31.7. The van der Waals surface area contributed by atoms with Gasteiger partial charge in [-0.05, 0) is 17.9 Å². The van der Waals surface area contributed by atoms with Crippen molar-refractivity contribution in [2.24, 2.45) is 0 Å². The smallest absolute Gasteiger partial charge is 0.298 e. The summed E-state index contributed by atoms with van der Waals surface area (Å²) in [5.41, 5.74) is -0.400. The minimum Gasteiger partial charge on any atom is -0.298 e. The summed E-state index contributed by atoms with van der Waals surface area (Å²) in [5, 5.41) is 12.4. The molecule has 0 aliphatic heterocycles. The van der Waals surface area contributed by atoms with E-state index < -0.39 is 17.6 Å². The normalized spacial score (nSPS) is 11.0. The number of rotatable bonds is 7. The lowest BCUT2D eigenvalue weighted by molar-refractivity contribution is -0.137. The van der Waals surface area contributed by atoms with Gasteiger partial charge in [-0.1, -0.05) is 30.0 Å². The Morgan fingerprint density at radius 1 is 1.24 bits per heavy atom. The number of anilines is 1. The van der Waals surface area contributed by atoms with Gasteiger partial charge in [0, 0.05) is 13.3 Å². The highest BCUT2D eigenvalue weighted by Crippen LogP contribution is 2.30. The molecule has 29 heavy (non-hydrogen) atoms. The summed E-state index contributed by atoms with van der Waals surface area (Å²) in [6.45, 7) is 1.28. The number of nitriles is 1. The van der Waals surface area contributed by atoms with E-state index in [2.05, 4.69) is 15.3 Å². The second kappa shape index (κ2) is 9.76. The molecular weight excluding hydrogens is 425 g/mol. The SMILES string of the molecule is CSc1nc(NC(C)=O)nc(SCC(=O)Cc2cccc(C(F)(F)F)c2)c1C#N. The van der Waals surface area contributed by atoms with Gasteiger partial charge in [0.1, 0.15) is 27.5 Å². The van der Waals surface area contributed by atoms with Crippen LogP contribution in [0.2, 0.25) is 0 Å². The molecule has 0 saturated heterocycles. The Balaban J connectivity index is 2.15. The molecule has 0 radical (unpaired) electrons. The van der Waals surface area contributed by atoms with Crippen molar-refractivity contribution in [2.75, 3.05) is 17.3 Å². The van der Waals surface area contributed by atoms with Gasteiger partial charge in [0.05, 0.1) is 11.3 Å². The van der Waals surface area contributed by atoms with Gasteiger partial charge in [-0.15, -0.1) is 11.8 Å². The second-order valence-corrected chi connectivity index (χ2v) is 7.49. The molecule has 2 aromatic rings. The van der Waals surface area contributed by atoms with Crippen molar-refractivity contribution < 1.29 is 22.8 Å². The molecule has 1 aromatic heterocycles. The summed E-state index contributed by atoms with van der Waals surface area (Å²) in [6.07, 6.45) is -2.96. The Labute approximate surface area is 173 Å². The second-order valence-electron chi connectivity index (χ2n) is 5.73. The van der Waals surface area contributed by atoms with Crippen molar-refractivity contribution in [3.8, 4) is 6.07 Å². The Kier molecular flexibility index (Phi) is 7.64. The molecule has 0 unspecified atom stereocenters. The number of ketones is 1. The van der Waals surface area contributed by atoms with Crippen LogP contribution in [0.3, 0.4) is 0 Å². The third kappa shape index (κ3) is 6.47. The molecule has 0 spiro atoms. The minimum absolute atomic E-state index is 0.00803. The van der Waals surface area contributed by atoms with Crippen molar-refractivity contribution in [2.45, 2.75) is 29.6 Å². The number of nitrogens with zero attached hydrogens (tertiary/aromatic N) is 3. The number of carbonyl (C=O) groups excluding carboxylic acids is 2. The van der Waals surface area contributed by atoms with Crippen molar-refractivity contribution in [3.05, 3.63) is 41.0 Å². The number of Topliss-reactive ketones (excluding diaryl/α,β-unsaturated/α-hetero) is 1. The fraction of sp³-hybridized carbons (Fsp3) is 0.278. The predicted molar refractivity (Wildman–Crippen MR) is 104 cm³/mol. The zero-order chi connectivity index (χ0) is 21.6. The summed E-state index contributed by atoms with van der Waals surface area (Å²) in [6, 6.07) is 6.56.